The molecule has 1 aromatic carbocycles. The van der Waals surface area contributed by atoms with E-state index < -0.39 is 17.5 Å². The molecule has 1 aliphatic heterocycles. The van der Waals surface area contributed by atoms with E-state index in [9.17, 15) is 14.0 Å². The smallest absolute Gasteiger partial charge is 0.323 e. The van der Waals surface area contributed by atoms with Gasteiger partial charge in [-0.3, -0.25) is 0 Å². The Kier molecular flexibility index (Phi) is 3.75. The molecular weight excluding hydrogens is 301 g/mol. The number of aromatic nitrogens is 4. The van der Waals surface area contributed by atoms with Gasteiger partial charge < -0.3 is 4.90 Å². The van der Waals surface area contributed by atoms with Crippen molar-refractivity contribution in [2.24, 2.45) is 5.41 Å². The highest BCUT2D eigenvalue weighted by Crippen LogP contribution is 2.29. The molecule has 0 radical (unpaired) electrons. The van der Waals surface area contributed by atoms with Gasteiger partial charge in [0.15, 0.2) is 0 Å². The van der Waals surface area contributed by atoms with Gasteiger partial charge in [-0.2, -0.15) is 4.68 Å². The van der Waals surface area contributed by atoms with Gasteiger partial charge in [-0.25, -0.2) is 14.0 Å². The summed E-state index contributed by atoms with van der Waals surface area (Å²) in [7, 11) is 0. The molecule has 0 bridgehead atoms. The van der Waals surface area contributed by atoms with Crippen molar-refractivity contribution in [2.45, 2.75) is 26.7 Å². The first kappa shape index (κ1) is 15.4. The van der Waals surface area contributed by atoms with Gasteiger partial charge in [-0.05, 0) is 46.9 Å². The third-order valence-electron chi connectivity index (χ3n) is 4.20. The van der Waals surface area contributed by atoms with Gasteiger partial charge in [0.25, 0.3) is 0 Å². The van der Waals surface area contributed by atoms with E-state index in [0.29, 0.717) is 13.1 Å². The van der Waals surface area contributed by atoms with Crippen molar-refractivity contribution >= 4 is 6.03 Å². The number of hydrogen-bond donors (Lipinski definition) is 0. The largest absolute Gasteiger partial charge is 0.377 e. The number of likely N-dealkylation sites (tertiary alicyclic amines) is 1. The van der Waals surface area contributed by atoms with Crippen LogP contribution in [-0.2, 0) is 0 Å². The summed E-state index contributed by atoms with van der Waals surface area (Å²) in [4.78, 5) is 26.4. The quantitative estimate of drug-likeness (QED) is 0.749. The second kappa shape index (κ2) is 5.60. The normalized spacial score (nSPS) is 17.3. The van der Waals surface area contributed by atoms with Gasteiger partial charge in [-0.15, -0.1) is 4.68 Å². The lowest BCUT2D eigenvalue weighted by Gasteiger charge is -2.36. The number of amides is 1. The van der Waals surface area contributed by atoms with Crippen molar-refractivity contribution in [1.82, 2.24) is 24.7 Å². The Balaban J connectivity index is 1.85. The first-order chi connectivity index (χ1) is 10.9. The Morgan fingerprint density at radius 2 is 1.91 bits per heavy atom. The molecule has 122 valence electrons. The Labute approximate surface area is 132 Å². The molecule has 0 unspecified atom stereocenters. The van der Waals surface area contributed by atoms with Crippen molar-refractivity contribution in [3.8, 4) is 5.69 Å². The van der Waals surface area contributed by atoms with E-state index in [0.717, 1.165) is 28.3 Å². The number of nitrogens with zero attached hydrogens (tertiary/aromatic N) is 5. The van der Waals surface area contributed by atoms with Crippen LogP contribution in [0.25, 0.3) is 5.69 Å². The molecule has 1 fully saturated rings. The number of carbonyl (C=O) groups is 1. The molecule has 1 aliphatic rings. The highest BCUT2D eigenvalue weighted by atomic mass is 19.1. The molecule has 1 saturated heterocycles. The number of piperidine rings is 1. The SMILES string of the molecule is CC1(C)CCN(C(=O)n2nnn(-c3cccc(F)c3)c2=O)CC1. The topological polar surface area (TPSA) is 73.0 Å². The van der Waals surface area contributed by atoms with E-state index in [1.807, 2.05) is 0 Å². The summed E-state index contributed by atoms with van der Waals surface area (Å²) in [5, 5.41) is 7.31. The predicted octanol–water partition coefficient (Wildman–Crippen LogP) is 1.66. The predicted molar refractivity (Wildman–Crippen MR) is 81.0 cm³/mol. The number of hydrogen-bond acceptors (Lipinski definition) is 4. The zero-order valence-corrected chi connectivity index (χ0v) is 13.1. The number of tetrazole rings is 1. The van der Waals surface area contributed by atoms with E-state index in [4.69, 9.17) is 0 Å². The second-order valence-corrected chi connectivity index (χ2v) is 6.50. The third kappa shape index (κ3) is 3.01. The van der Waals surface area contributed by atoms with Gasteiger partial charge in [0.05, 0.1) is 5.69 Å². The zero-order valence-electron chi connectivity index (χ0n) is 13.1. The van der Waals surface area contributed by atoms with Crippen molar-refractivity contribution in [3.63, 3.8) is 0 Å². The maximum atomic E-state index is 13.3. The average molecular weight is 319 g/mol. The van der Waals surface area contributed by atoms with Gasteiger partial charge in [0.1, 0.15) is 5.82 Å². The van der Waals surface area contributed by atoms with Crippen molar-refractivity contribution in [3.05, 3.63) is 40.6 Å². The number of halogens is 1. The molecule has 0 N–H and O–H groups in total. The molecule has 0 atom stereocenters. The van der Waals surface area contributed by atoms with Crippen molar-refractivity contribution in [1.29, 1.82) is 0 Å². The average Bonchev–Trinajstić information content (AvgIpc) is 2.88. The first-order valence-corrected chi connectivity index (χ1v) is 7.48. The molecule has 7 nitrogen and oxygen atoms in total. The van der Waals surface area contributed by atoms with Crippen LogP contribution in [0.5, 0.6) is 0 Å². The van der Waals surface area contributed by atoms with Gasteiger partial charge in [0, 0.05) is 13.1 Å². The summed E-state index contributed by atoms with van der Waals surface area (Å²) >= 11 is 0. The summed E-state index contributed by atoms with van der Waals surface area (Å²) in [6.07, 6.45) is 1.73. The second-order valence-electron chi connectivity index (χ2n) is 6.50. The lowest BCUT2D eigenvalue weighted by Crippen LogP contribution is -2.46. The Morgan fingerprint density at radius 1 is 1.22 bits per heavy atom. The fourth-order valence-electron chi connectivity index (χ4n) is 2.57. The molecule has 0 saturated carbocycles. The zero-order chi connectivity index (χ0) is 16.6. The van der Waals surface area contributed by atoms with Crippen LogP contribution in [0.4, 0.5) is 9.18 Å². The lowest BCUT2D eigenvalue weighted by molar-refractivity contribution is 0.138. The maximum Gasteiger partial charge on any atom is 0.377 e. The van der Waals surface area contributed by atoms with Crippen LogP contribution in [0.2, 0.25) is 0 Å². The summed E-state index contributed by atoms with van der Waals surface area (Å²) < 4.78 is 14.9. The maximum absolute atomic E-state index is 13.3. The lowest BCUT2D eigenvalue weighted by atomic mass is 9.83. The van der Waals surface area contributed by atoms with Crippen LogP contribution in [0.3, 0.4) is 0 Å². The minimum absolute atomic E-state index is 0.195. The Bertz CT molecular complexity index is 785. The van der Waals surface area contributed by atoms with Gasteiger partial charge in [-0.1, -0.05) is 19.9 Å². The van der Waals surface area contributed by atoms with E-state index in [1.165, 1.54) is 18.2 Å². The van der Waals surface area contributed by atoms with Crippen LogP contribution in [0.15, 0.2) is 29.1 Å². The molecule has 0 aliphatic carbocycles. The van der Waals surface area contributed by atoms with E-state index >= 15 is 0 Å². The molecule has 0 spiro atoms. The molecule has 2 aromatic rings. The van der Waals surface area contributed by atoms with Gasteiger partial charge in [0.2, 0.25) is 0 Å². The van der Waals surface area contributed by atoms with Crippen LogP contribution in [0, 0.1) is 11.2 Å². The summed E-state index contributed by atoms with van der Waals surface area (Å²) in [5.41, 5.74) is -0.278. The molecule has 23 heavy (non-hydrogen) atoms. The highest BCUT2D eigenvalue weighted by molar-refractivity contribution is 5.75. The molecule has 3 rings (SSSR count). The summed E-state index contributed by atoms with van der Waals surface area (Å²) in [6.45, 7) is 5.46. The Hall–Kier alpha value is -2.51. The van der Waals surface area contributed by atoms with E-state index in [2.05, 4.69) is 24.3 Å². The van der Waals surface area contributed by atoms with Gasteiger partial charge >= 0.3 is 11.7 Å². The number of carbonyl (C=O) groups excluding carboxylic acids is 1. The highest BCUT2D eigenvalue weighted by Gasteiger charge is 2.30. The molecule has 1 amide bonds. The fourth-order valence-corrected chi connectivity index (χ4v) is 2.57. The molecule has 2 heterocycles. The van der Waals surface area contributed by atoms with E-state index in [-0.39, 0.29) is 11.1 Å². The Morgan fingerprint density at radius 3 is 2.57 bits per heavy atom. The molecule has 1 aromatic heterocycles. The van der Waals surface area contributed by atoms with Crippen molar-refractivity contribution < 1.29 is 9.18 Å². The van der Waals surface area contributed by atoms with Crippen LogP contribution < -0.4 is 5.69 Å². The first-order valence-electron chi connectivity index (χ1n) is 7.48. The third-order valence-corrected chi connectivity index (χ3v) is 4.20. The minimum atomic E-state index is -0.703. The molecule has 8 heteroatoms. The van der Waals surface area contributed by atoms with Crippen LogP contribution in [-0.4, -0.2) is 43.8 Å². The van der Waals surface area contributed by atoms with Crippen LogP contribution >= 0.6 is 0 Å². The van der Waals surface area contributed by atoms with E-state index in [1.54, 1.807) is 4.90 Å². The fraction of sp³-hybridized carbons (Fsp3) is 0.467. The minimum Gasteiger partial charge on any atom is -0.323 e. The summed E-state index contributed by atoms with van der Waals surface area (Å²) in [5.74, 6) is -0.492. The monoisotopic (exact) mass is 319 g/mol. The van der Waals surface area contributed by atoms with Crippen LogP contribution in [0.1, 0.15) is 26.7 Å². The number of rotatable bonds is 1. The van der Waals surface area contributed by atoms with Crippen molar-refractivity contribution in [2.75, 3.05) is 13.1 Å². The summed E-state index contributed by atoms with van der Waals surface area (Å²) in [6, 6.07) is 4.92. The molecular formula is C15H18FN5O2. The standard InChI is InChI=1S/C15H18FN5O2/c1-15(2)6-8-19(9-7-15)13(22)21-14(23)20(17-18-21)12-5-3-4-11(16)10-12/h3-5,10H,6-9H2,1-2H3. The number of benzene rings is 1.